The summed E-state index contributed by atoms with van der Waals surface area (Å²) in [6, 6.07) is 0. The Hall–Kier alpha value is -0.610. The number of unbranched alkanes of at least 4 members (excludes halogenated alkanes) is 1. The highest BCUT2D eigenvalue weighted by Crippen LogP contribution is 2.03. The first-order chi connectivity index (χ1) is 5.35. The summed E-state index contributed by atoms with van der Waals surface area (Å²) in [6.07, 6.45) is 3.08. The molecule has 0 aromatic heterocycles. The molecule has 1 atom stereocenters. The van der Waals surface area contributed by atoms with E-state index in [2.05, 4.69) is 12.4 Å². The quantitative estimate of drug-likeness (QED) is 0.342. The topological polar surface area (TPSA) is 47.6 Å². The fourth-order valence-electron chi connectivity index (χ4n) is 0.699. The van der Waals surface area contributed by atoms with E-state index in [1.165, 1.54) is 0 Å². The number of hydroxylamine groups is 1. The Bertz CT molecular complexity index is 97.7. The lowest BCUT2D eigenvalue weighted by molar-refractivity contribution is -0.172. The molecule has 0 aromatic carbocycles. The van der Waals surface area contributed by atoms with Crippen molar-refractivity contribution >= 4 is 6.41 Å². The summed E-state index contributed by atoms with van der Waals surface area (Å²) in [6.45, 7) is 2.08. The fraction of sp³-hybridized carbons (Fsp3) is 0.857. The number of carbonyl (C=O) groups excluding carboxylic acids is 1. The molecule has 0 saturated heterocycles. The van der Waals surface area contributed by atoms with Crippen LogP contribution in [0, 0.1) is 0 Å². The molecule has 0 aromatic rings. The van der Waals surface area contributed by atoms with Gasteiger partial charge in [0, 0.05) is 13.5 Å². The number of amides is 1. The molecule has 0 radical (unpaired) electrons. The van der Waals surface area contributed by atoms with E-state index in [1.54, 1.807) is 7.11 Å². The van der Waals surface area contributed by atoms with Gasteiger partial charge in [-0.15, -0.1) is 0 Å². The predicted molar refractivity (Wildman–Crippen MR) is 40.6 cm³/mol. The Balaban J connectivity index is 3.32. The third kappa shape index (κ3) is 5.82. The van der Waals surface area contributed by atoms with Crippen LogP contribution in [-0.2, 0) is 14.4 Å². The zero-order chi connectivity index (χ0) is 8.53. The highest BCUT2D eigenvalue weighted by molar-refractivity contribution is 5.43. The largest absolute Gasteiger partial charge is 0.354 e. The molecule has 0 saturated carbocycles. The minimum absolute atomic E-state index is 0.319. The van der Waals surface area contributed by atoms with E-state index in [0.29, 0.717) is 6.41 Å². The maximum absolute atomic E-state index is 9.81. The van der Waals surface area contributed by atoms with Crippen molar-refractivity contribution < 1.29 is 14.4 Å². The first-order valence-corrected chi connectivity index (χ1v) is 3.72. The predicted octanol–water partition coefficient (Wildman–Crippen LogP) is 0.827. The molecular formula is C7H15NO3. The van der Waals surface area contributed by atoms with Crippen LogP contribution in [0.5, 0.6) is 0 Å². The second kappa shape index (κ2) is 7.50. The van der Waals surface area contributed by atoms with Crippen molar-refractivity contribution in [3.05, 3.63) is 0 Å². The van der Waals surface area contributed by atoms with Gasteiger partial charge in [-0.3, -0.25) is 4.79 Å². The molecule has 4 nitrogen and oxygen atoms in total. The van der Waals surface area contributed by atoms with Crippen molar-refractivity contribution in [2.75, 3.05) is 7.11 Å². The van der Waals surface area contributed by atoms with Crippen molar-refractivity contribution in [2.45, 2.75) is 32.5 Å². The summed E-state index contributed by atoms with van der Waals surface area (Å²) in [5, 5.41) is 0. The molecule has 0 spiro atoms. The lowest BCUT2D eigenvalue weighted by atomic mass is 10.2. The van der Waals surface area contributed by atoms with Gasteiger partial charge in [0.1, 0.15) is 0 Å². The molecule has 0 rings (SSSR count). The third-order valence-electron chi connectivity index (χ3n) is 1.30. The van der Waals surface area contributed by atoms with Gasteiger partial charge >= 0.3 is 0 Å². The van der Waals surface area contributed by atoms with Gasteiger partial charge in [-0.25, -0.2) is 10.3 Å². The highest BCUT2D eigenvalue weighted by Gasteiger charge is 2.05. The molecule has 1 amide bonds. The summed E-state index contributed by atoms with van der Waals surface area (Å²) in [5.41, 5.74) is 2.10. The van der Waals surface area contributed by atoms with E-state index in [9.17, 15) is 4.79 Å². The molecule has 1 N–H and O–H groups in total. The molecule has 0 fully saturated rings. The molecule has 0 aliphatic heterocycles. The first-order valence-electron chi connectivity index (χ1n) is 3.72. The van der Waals surface area contributed by atoms with Crippen molar-refractivity contribution in [2.24, 2.45) is 0 Å². The standard InChI is InChI=1S/C7H15NO3/c1-3-4-5-7(10-2)11-8-6-9/h6-7H,3-5H2,1-2H3,(H,8,9). The number of hydrogen-bond acceptors (Lipinski definition) is 3. The number of methoxy groups -OCH3 is 1. The summed E-state index contributed by atoms with van der Waals surface area (Å²) >= 11 is 0. The van der Waals surface area contributed by atoms with Crippen LogP contribution >= 0.6 is 0 Å². The minimum Gasteiger partial charge on any atom is -0.354 e. The van der Waals surface area contributed by atoms with E-state index >= 15 is 0 Å². The second-order valence-corrected chi connectivity index (χ2v) is 2.16. The summed E-state index contributed by atoms with van der Waals surface area (Å²) in [5.74, 6) is 0. The van der Waals surface area contributed by atoms with Crippen LogP contribution in [0.4, 0.5) is 0 Å². The van der Waals surface area contributed by atoms with Gasteiger partial charge in [0.05, 0.1) is 0 Å². The van der Waals surface area contributed by atoms with Crippen LogP contribution in [0.1, 0.15) is 26.2 Å². The number of ether oxygens (including phenoxy) is 1. The smallest absolute Gasteiger partial charge is 0.230 e. The average Bonchev–Trinajstić information content (AvgIpc) is 2.05. The monoisotopic (exact) mass is 161 g/mol. The molecular weight excluding hydrogens is 146 g/mol. The van der Waals surface area contributed by atoms with Crippen LogP contribution in [0.25, 0.3) is 0 Å². The van der Waals surface area contributed by atoms with Crippen LogP contribution in [0.2, 0.25) is 0 Å². The van der Waals surface area contributed by atoms with Gasteiger partial charge in [-0.1, -0.05) is 13.3 Å². The van der Waals surface area contributed by atoms with Crippen LogP contribution < -0.4 is 5.48 Å². The Morgan fingerprint density at radius 2 is 2.36 bits per heavy atom. The molecule has 0 aliphatic rings. The Morgan fingerprint density at radius 1 is 1.64 bits per heavy atom. The zero-order valence-corrected chi connectivity index (χ0v) is 7.00. The van der Waals surface area contributed by atoms with Crippen molar-refractivity contribution in [3.63, 3.8) is 0 Å². The molecule has 0 heterocycles. The van der Waals surface area contributed by atoms with Gasteiger partial charge in [-0.05, 0) is 6.42 Å². The van der Waals surface area contributed by atoms with Gasteiger partial charge < -0.3 is 4.74 Å². The summed E-state index contributed by atoms with van der Waals surface area (Å²) < 4.78 is 4.91. The fourth-order valence-corrected chi connectivity index (χ4v) is 0.699. The Morgan fingerprint density at radius 3 is 2.82 bits per heavy atom. The second-order valence-electron chi connectivity index (χ2n) is 2.16. The maximum atomic E-state index is 9.81. The van der Waals surface area contributed by atoms with E-state index in [-0.39, 0.29) is 6.29 Å². The summed E-state index contributed by atoms with van der Waals surface area (Å²) in [4.78, 5) is 14.6. The molecule has 4 heteroatoms. The van der Waals surface area contributed by atoms with Gasteiger partial charge in [0.2, 0.25) is 6.41 Å². The average molecular weight is 161 g/mol. The van der Waals surface area contributed by atoms with Crippen LogP contribution in [0.15, 0.2) is 0 Å². The van der Waals surface area contributed by atoms with Gasteiger partial charge in [0.25, 0.3) is 0 Å². The number of carbonyl (C=O) groups is 1. The van der Waals surface area contributed by atoms with E-state index in [4.69, 9.17) is 9.57 Å². The highest BCUT2D eigenvalue weighted by atomic mass is 16.8. The SMILES string of the molecule is CCCCC(OC)ONC=O. The molecule has 11 heavy (non-hydrogen) atoms. The summed E-state index contributed by atoms with van der Waals surface area (Å²) in [7, 11) is 1.55. The normalized spacial score (nSPS) is 12.5. The van der Waals surface area contributed by atoms with Crippen molar-refractivity contribution in [3.8, 4) is 0 Å². The number of nitrogens with one attached hydrogen (secondary N) is 1. The van der Waals surface area contributed by atoms with E-state index in [1.807, 2.05) is 0 Å². The molecule has 0 aliphatic carbocycles. The Labute approximate surface area is 66.8 Å². The number of rotatable bonds is 7. The van der Waals surface area contributed by atoms with E-state index < -0.39 is 0 Å². The zero-order valence-electron chi connectivity index (χ0n) is 7.00. The van der Waals surface area contributed by atoms with Gasteiger partial charge in [-0.2, -0.15) is 0 Å². The number of hydrogen-bond donors (Lipinski definition) is 1. The van der Waals surface area contributed by atoms with Crippen molar-refractivity contribution in [1.29, 1.82) is 0 Å². The minimum atomic E-state index is -0.319. The van der Waals surface area contributed by atoms with Crippen LogP contribution in [-0.4, -0.2) is 19.8 Å². The first kappa shape index (κ1) is 10.4. The lowest BCUT2D eigenvalue weighted by Gasteiger charge is -2.13. The molecule has 0 bridgehead atoms. The maximum Gasteiger partial charge on any atom is 0.230 e. The van der Waals surface area contributed by atoms with Crippen molar-refractivity contribution in [1.82, 2.24) is 5.48 Å². The molecule has 1 unspecified atom stereocenters. The Kier molecular flexibility index (Phi) is 7.08. The lowest BCUT2D eigenvalue weighted by Crippen LogP contribution is -2.24. The van der Waals surface area contributed by atoms with Crippen LogP contribution in [0.3, 0.4) is 0 Å². The van der Waals surface area contributed by atoms with E-state index in [0.717, 1.165) is 19.3 Å². The third-order valence-corrected chi connectivity index (χ3v) is 1.30. The molecule has 66 valence electrons. The van der Waals surface area contributed by atoms with Gasteiger partial charge in [0.15, 0.2) is 6.29 Å².